The first-order valence-electron chi connectivity index (χ1n) is 7.89. The van der Waals surface area contributed by atoms with Crippen molar-refractivity contribution in [3.8, 4) is 5.75 Å². The number of carbonyl (C=O) groups is 1. The van der Waals surface area contributed by atoms with E-state index in [0.29, 0.717) is 16.1 Å². The fourth-order valence-electron chi connectivity index (χ4n) is 3.00. The van der Waals surface area contributed by atoms with Gasteiger partial charge >= 0.3 is 12.6 Å². The lowest BCUT2D eigenvalue weighted by Gasteiger charge is -2.34. The van der Waals surface area contributed by atoms with E-state index in [2.05, 4.69) is 4.74 Å². The van der Waals surface area contributed by atoms with Crippen molar-refractivity contribution >= 4 is 29.2 Å². The zero-order valence-electron chi connectivity index (χ0n) is 14.2. The van der Waals surface area contributed by atoms with Crippen LogP contribution in [0.2, 0.25) is 10.0 Å². The average Bonchev–Trinajstić information content (AvgIpc) is 2.55. The lowest BCUT2D eigenvalue weighted by molar-refractivity contribution is -0.145. The third-order valence-electron chi connectivity index (χ3n) is 4.42. The Morgan fingerprint density at radius 3 is 2.27 bits per heavy atom. The topological polar surface area (TPSA) is 46.5 Å². The second-order valence-corrected chi connectivity index (χ2v) is 7.10. The molecule has 0 aliphatic heterocycles. The van der Waals surface area contributed by atoms with E-state index in [1.165, 1.54) is 12.1 Å². The molecule has 1 atom stereocenters. The zero-order chi connectivity index (χ0) is 19.5. The Kier molecular flexibility index (Phi) is 6.48. The summed E-state index contributed by atoms with van der Waals surface area (Å²) in [6, 6.07) is 11.0. The highest BCUT2D eigenvalue weighted by Crippen LogP contribution is 2.38. The molecule has 0 amide bonds. The van der Waals surface area contributed by atoms with Gasteiger partial charge in [-0.1, -0.05) is 55.2 Å². The Morgan fingerprint density at radius 1 is 1.15 bits per heavy atom. The van der Waals surface area contributed by atoms with E-state index in [1.54, 1.807) is 44.2 Å². The molecule has 0 aromatic heterocycles. The first kappa shape index (κ1) is 20.5. The molecule has 26 heavy (non-hydrogen) atoms. The van der Waals surface area contributed by atoms with Crippen molar-refractivity contribution in [2.24, 2.45) is 5.92 Å². The molecule has 0 aliphatic rings. The van der Waals surface area contributed by atoms with E-state index >= 15 is 0 Å². The standard InChI is InChI=1S/C19H18Cl2F2O3/c1-11(2)19(17(24)25,13-4-6-14(20)7-5-13)10-12-3-8-15(21)16(9-12)26-18(22)23/h3-9,11,18H,10H2,1-2H3,(H,24,25). The SMILES string of the molecule is CC(C)C(Cc1ccc(Cl)c(OC(F)F)c1)(C(=O)O)c1ccc(Cl)cc1. The molecule has 0 saturated heterocycles. The second kappa shape index (κ2) is 8.23. The van der Waals surface area contributed by atoms with Crippen molar-refractivity contribution in [3.63, 3.8) is 0 Å². The molecule has 0 saturated carbocycles. The molecule has 0 bridgehead atoms. The smallest absolute Gasteiger partial charge is 0.387 e. The van der Waals surface area contributed by atoms with E-state index in [9.17, 15) is 18.7 Å². The molecule has 2 aromatic carbocycles. The molecule has 0 aliphatic carbocycles. The predicted octanol–water partition coefficient (Wildman–Crippen LogP) is 5.82. The Bertz CT molecular complexity index is 779. The largest absolute Gasteiger partial charge is 0.481 e. The molecule has 2 aromatic rings. The maximum Gasteiger partial charge on any atom is 0.387 e. The molecular formula is C19H18Cl2F2O3. The van der Waals surface area contributed by atoms with Gasteiger partial charge < -0.3 is 9.84 Å². The number of hydrogen-bond donors (Lipinski definition) is 1. The molecule has 140 valence electrons. The minimum absolute atomic E-state index is 0.0333. The van der Waals surface area contributed by atoms with E-state index in [1.807, 2.05) is 0 Å². The molecule has 2 rings (SSSR count). The van der Waals surface area contributed by atoms with Gasteiger partial charge in [-0.2, -0.15) is 8.78 Å². The molecule has 1 unspecified atom stereocenters. The molecule has 7 heteroatoms. The number of alkyl halides is 2. The summed E-state index contributed by atoms with van der Waals surface area (Å²) in [6.45, 7) is 0.582. The quantitative estimate of drug-likeness (QED) is 0.634. The number of ether oxygens (including phenoxy) is 1. The second-order valence-electron chi connectivity index (χ2n) is 6.26. The van der Waals surface area contributed by atoms with Crippen LogP contribution in [-0.2, 0) is 16.6 Å². The first-order valence-corrected chi connectivity index (χ1v) is 8.65. The molecule has 0 heterocycles. The Balaban J connectivity index is 2.51. The maximum absolute atomic E-state index is 12.5. The predicted molar refractivity (Wildman–Crippen MR) is 97.4 cm³/mol. The van der Waals surface area contributed by atoms with Gasteiger partial charge in [-0.15, -0.1) is 0 Å². The highest BCUT2D eigenvalue weighted by atomic mass is 35.5. The van der Waals surface area contributed by atoms with E-state index in [0.717, 1.165) is 0 Å². The van der Waals surface area contributed by atoms with Crippen molar-refractivity contribution < 1.29 is 23.4 Å². The summed E-state index contributed by atoms with van der Waals surface area (Å²) >= 11 is 11.8. The third-order valence-corrected chi connectivity index (χ3v) is 4.99. The molecule has 0 spiro atoms. The molecule has 0 radical (unpaired) electrons. The van der Waals surface area contributed by atoms with Gasteiger partial charge in [0, 0.05) is 5.02 Å². The van der Waals surface area contributed by atoms with Crippen LogP contribution in [-0.4, -0.2) is 17.7 Å². The van der Waals surface area contributed by atoms with Crippen LogP contribution >= 0.6 is 23.2 Å². The Labute approximate surface area is 160 Å². The monoisotopic (exact) mass is 402 g/mol. The van der Waals surface area contributed by atoms with Crippen LogP contribution in [0, 0.1) is 5.92 Å². The van der Waals surface area contributed by atoms with Gasteiger partial charge in [0.05, 0.1) is 10.4 Å². The van der Waals surface area contributed by atoms with Gasteiger partial charge in [-0.3, -0.25) is 4.79 Å². The summed E-state index contributed by atoms with van der Waals surface area (Å²) in [7, 11) is 0. The van der Waals surface area contributed by atoms with Crippen LogP contribution < -0.4 is 4.74 Å². The van der Waals surface area contributed by atoms with Gasteiger partial charge in [0.15, 0.2) is 0 Å². The molecule has 1 N–H and O–H groups in total. The lowest BCUT2D eigenvalue weighted by Crippen LogP contribution is -2.43. The molecule has 0 fully saturated rings. The van der Waals surface area contributed by atoms with Gasteiger partial charge in [0.25, 0.3) is 0 Å². The van der Waals surface area contributed by atoms with Crippen molar-refractivity contribution in [1.82, 2.24) is 0 Å². The van der Waals surface area contributed by atoms with E-state index in [4.69, 9.17) is 23.2 Å². The number of carboxylic acid groups (broad SMARTS) is 1. The Hall–Kier alpha value is -1.85. The lowest BCUT2D eigenvalue weighted by atomic mass is 9.68. The summed E-state index contributed by atoms with van der Waals surface area (Å²) < 4.78 is 29.5. The summed E-state index contributed by atoms with van der Waals surface area (Å²) in [5, 5.41) is 10.6. The van der Waals surface area contributed by atoms with Crippen LogP contribution in [0.1, 0.15) is 25.0 Å². The van der Waals surface area contributed by atoms with Crippen molar-refractivity contribution in [3.05, 3.63) is 63.6 Å². The average molecular weight is 403 g/mol. The number of benzene rings is 2. The van der Waals surface area contributed by atoms with Crippen molar-refractivity contribution in [2.45, 2.75) is 32.3 Å². The fraction of sp³-hybridized carbons (Fsp3) is 0.316. The number of rotatable bonds is 7. The fourth-order valence-corrected chi connectivity index (χ4v) is 3.29. The van der Waals surface area contributed by atoms with Crippen LogP contribution in [0.5, 0.6) is 5.75 Å². The number of carboxylic acids is 1. The number of hydrogen-bond acceptors (Lipinski definition) is 2. The van der Waals surface area contributed by atoms with Crippen LogP contribution in [0.25, 0.3) is 0 Å². The minimum atomic E-state index is -3.02. The first-order chi connectivity index (χ1) is 12.2. The molecular weight excluding hydrogens is 385 g/mol. The van der Waals surface area contributed by atoms with Crippen molar-refractivity contribution in [1.29, 1.82) is 0 Å². The van der Waals surface area contributed by atoms with Gasteiger partial charge in [-0.05, 0) is 47.7 Å². The maximum atomic E-state index is 12.5. The van der Waals surface area contributed by atoms with Gasteiger partial charge in [-0.25, -0.2) is 0 Å². The summed E-state index contributed by atoms with van der Waals surface area (Å²) in [4.78, 5) is 12.3. The number of halogens is 4. The van der Waals surface area contributed by atoms with E-state index < -0.39 is 18.0 Å². The third kappa shape index (κ3) is 4.27. The highest BCUT2D eigenvalue weighted by molar-refractivity contribution is 6.32. The number of aliphatic carboxylic acids is 1. The summed E-state index contributed by atoms with van der Waals surface area (Å²) in [5.74, 6) is -1.48. The van der Waals surface area contributed by atoms with Crippen LogP contribution in [0.15, 0.2) is 42.5 Å². The summed E-state index contributed by atoms with van der Waals surface area (Å²) in [5.41, 5.74) is -0.160. The normalized spacial score (nSPS) is 13.7. The van der Waals surface area contributed by atoms with Crippen LogP contribution in [0.4, 0.5) is 8.78 Å². The van der Waals surface area contributed by atoms with Gasteiger partial charge in [0.1, 0.15) is 5.75 Å². The minimum Gasteiger partial charge on any atom is -0.481 e. The van der Waals surface area contributed by atoms with E-state index in [-0.39, 0.29) is 23.1 Å². The zero-order valence-corrected chi connectivity index (χ0v) is 15.7. The van der Waals surface area contributed by atoms with Crippen LogP contribution in [0.3, 0.4) is 0 Å². The summed E-state index contributed by atoms with van der Waals surface area (Å²) in [6.07, 6.45) is 0.0817. The Morgan fingerprint density at radius 2 is 1.77 bits per heavy atom. The molecule has 3 nitrogen and oxygen atoms in total. The van der Waals surface area contributed by atoms with Crippen molar-refractivity contribution in [2.75, 3.05) is 0 Å². The highest BCUT2D eigenvalue weighted by Gasteiger charge is 2.43. The van der Waals surface area contributed by atoms with Gasteiger partial charge in [0.2, 0.25) is 0 Å².